The molecule has 1 amide bonds. The maximum Gasteiger partial charge on any atom is 0.416 e. The van der Waals surface area contributed by atoms with E-state index < -0.39 is 33.7 Å². The first-order valence-corrected chi connectivity index (χ1v) is 10.9. The number of nitrogens with one attached hydrogen (secondary N) is 1. The molecule has 1 N–H and O–H groups in total. The second-order valence-electron chi connectivity index (χ2n) is 6.54. The molecular weight excluding hydrogens is 421 g/mol. The van der Waals surface area contributed by atoms with E-state index >= 15 is 0 Å². The van der Waals surface area contributed by atoms with Gasteiger partial charge in [-0.05, 0) is 38.1 Å². The zero-order valence-electron chi connectivity index (χ0n) is 16.7. The van der Waals surface area contributed by atoms with Crippen LogP contribution in [-0.2, 0) is 27.5 Å². The smallest absolute Gasteiger partial charge is 0.416 e. The molecule has 0 heterocycles. The van der Waals surface area contributed by atoms with Gasteiger partial charge in [-0.1, -0.05) is 24.3 Å². The Morgan fingerprint density at radius 3 is 2.43 bits per heavy atom. The lowest BCUT2D eigenvalue weighted by molar-refractivity contribution is -0.137. The Morgan fingerprint density at radius 1 is 1.17 bits per heavy atom. The van der Waals surface area contributed by atoms with Gasteiger partial charge in [0.05, 0.1) is 24.1 Å². The van der Waals surface area contributed by atoms with E-state index in [0.717, 1.165) is 18.4 Å². The Hall–Kier alpha value is -2.75. The number of halogens is 3. The summed E-state index contributed by atoms with van der Waals surface area (Å²) in [4.78, 5) is 12.6. The van der Waals surface area contributed by atoms with E-state index in [4.69, 9.17) is 4.74 Å². The number of rotatable bonds is 8. The van der Waals surface area contributed by atoms with Crippen LogP contribution in [0.15, 0.2) is 48.5 Å². The van der Waals surface area contributed by atoms with Gasteiger partial charge in [0, 0.05) is 12.1 Å². The molecule has 2 aromatic rings. The number of para-hydroxylation sites is 1. The van der Waals surface area contributed by atoms with Crippen molar-refractivity contribution in [2.24, 2.45) is 0 Å². The Kier molecular flexibility index (Phi) is 7.35. The molecule has 0 radical (unpaired) electrons. The zero-order chi connectivity index (χ0) is 22.5. The van der Waals surface area contributed by atoms with Gasteiger partial charge in [-0.3, -0.25) is 9.10 Å². The van der Waals surface area contributed by atoms with Crippen LogP contribution in [0.2, 0.25) is 0 Å². The largest absolute Gasteiger partial charge is 0.494 e. The van der Waals surface area contributed by atoms with Crippen molar-refractivity contribution in [2.45, 2.75) is 32.6 Å². The minimum absolute atomic E-state index is 0.0690. The average molecular weight is 444 g/mol. The normalized spacial score (nSPS) is 12.9. The summed E-state index contributed by atoms with van der Waals surface area (Å²) in [5.41, 5.74) is -0.568. The molecule has 6 nitrogen and oxygen atoms in total. The molecule has 0 aromatic heterocycles. The minimum atomic E-state index is -4.65. The molecule has 0 saturated carbocycles. The highest BCUT2D eigenvalue weighted by Crippen LogP contribution is 2.32. The van der Waals surface area contributed by atoms with E-state index in [9.17, 15) is 26.4 Å². The maximum absolute atomic E-state index is 13.0. The number of anilines is 1. The summed E-state index contributed by atoms with van der Waals surface area (Å²) in [6.45, 7) is 3.62. The fourth-order valence-corrected chi connectivity index (χ4v) is 4.07. The zero-order valence-corrected chi connectivity index (χ0v) is 17.5. The van der Waals surface area contributed by atoms with E-state index in [1.54, 1.807) is 24.3 Å². The number of benzene rings is 2. The lowest BCUT2D eigenvalue weighted by Crippen LogP contribution is -2.47. The minimum Gasteiger partial charge on any atom is -0.494 e. The first-order valence-electron chi connectivity index (χ1n) is 9.10. The average Bonchev–Trinajstić information content (AvgIpc) is 2.66. The van der Waals surface area contributed by atoms with Crippen LogP contribution in [0.4, 0.5) is 18.9 Å². The fourth-order valence-electron chi connectivity index (χ4n) is 2.90. The molecule has 0 bridgehead atoms. The molecule has 0 saturated heterocycles. The third-order valence-electron chi connectivity index (χ3n) is 4.24. The highest BCUT2D eigenvalue weighted by atomic mass is 32.2. The van der Waals surface area contributed by atoms with Crippen LogP contribution < -0.4 is 14.4 Å². The van der Waals surface area contributed by atoms with E-state index in [-0.39, 0.29) is 12.2 Å². The summed E-state index contributed by atoms with van der Waals surface area (Å²) in [6, 6.07) is 9.59. The van der Waals surface area contributed by atoms with Gasteiger partial charge in [0.1, 0.15) is 11.8 Å². The van der Waals surface area contributed by atoms with Crippen LogP contribution in [-0.4, -0.2) is 33.2 Å². The van der Waals surface area contributed by atoms with Crippen LogP contribution >= 0.6 is 0 Å². The molecule has 0 spiro atoms. The highest BCUT2D eigenvalue weighted by Gasteiger charge is 2.34. The monoisotopic (exact) mass is 444 g/mol. The second-order valence-corrected chi connectivity index (χ2v) is 8.40. The molecule has 164 valence electrons. The van der Waals surface area contributed by atoms with Gasteiger partial charge in [0.2, 0.25) is 15.9 Å². The number of nitrogens with zero attached hydrogens (tertiary/aromatic N) is 1. The summed E-state index contributed by atoms with van der Waals surface area (Å²) >= 11 is 0. The third kappa shape index (κ3) is 5.88. The maximum atomic E-state index is 13.0. The van der Waals surface area contributed by atoms with E-state index in [1.165, 1.54) is 13.0 Å². The summed E-state index contributed by atoms with van der Waals surface area (Å²) in [7, 11) is -4.04. The predicted molar refractivity (Wildman–Crippen MR) is 108 cm³/mol. The number of ether oxygens (including phenoxy) is 1. The third-order valence-corrected chi connectivity index (χ3v) is 5.48. The van der Waals surface area contributed by atoms with Crippen molar-refractivity contribution in [3.8, 4) is 5.75 Å². The number of hydrogen-bond acceptors (Lipinski definition) is 4. The van der Waals surface area contributed by atoms with Crippen molar-refractivity contribution in [3.05, 3.63) is 59.7 Å². The van der Waals surface area contributed by atoms with Gasteiger partial charge in [0.15, 0.2) is 0 Å². The van der Waals surface area contributed by atoms with Gasteiger partial charge < -0.3 is 10.1 Å². The molecule has 2 rings (SSSR count). The Balaban J connectivity index is 2.26. The Bertz CT molecular complexity index is 994. The van der Waals surface area contributed by atoms with E-state index in [0.29, 0.717) is 28.3 Å². The van der Waals surface area contributed by atoms with Gasteiger partial charge in [-0.15, -0.1) is 0 Å². The topological polar surface area (TPSA) is 75.7 Å². The van der Waals surface area contributed by atoms with Crippen molar-refractivity contribution in [3.63, 3.8) is 0 Å². The van der Waals surface area contributed by atoms with Gasteiger partial charge in [-0.2, -0.15) is 13.2 Å². The van der Waals surface area contributed by atoms with Crippen molar-refractivity contribution >= 4 is 21.6 Å². The van der Waals surface area contributed by atoms with Crippen LogP contribution in [0, 0.1) is 0 Å². The summed E-state index contributed by atoms with van der Waals surface area (Å²) in [6.07, 6.45) is -3.81. The number of sulfonamides is 1. The highest BCUT2D eigenvalue weighted by molar-refractivity contribution is 7.92. The molecular formula is C20H23F3N2O4S. The molecule has 0 aliphatic rings. The molecule has 10 heteroatoms. The molecule has 2 aromatic carbocycles. The SMILES string of the molecule is CCOc1ccccc1CNC(=O)[C@H](C)N(c1cccc(C(F)(F)F)c1)S(C)(=O)=O. The lowest BCUT2D eigenvalue weighted by atomic mass is 10.1. The molecule has 0 unspecified atom stereocenters. The number of hydrogen-bond donors (Lipinski definition) is 1. The van der Waals surface area contributed by atoms with E-state index in [2.05, 4.69) is 5.32 Å². The van der Waals surface area contributed by atoms with Crippen molar-refractivity contribution in [1.29, 1.82) is 0 Å². The van der Waals surface area contributed by atoms with Crippen LogP contribution in [0.25, 0.3) is 0 Å². The van der Waals surface area contributed by atoms with E-state index in [1.807, 2.05) is 6.92 Å². The van der Waals surface area contributed by atoms with Gasteiger partial charge >= 0.3 is 6.18 Å². The number of alkyl halides is 3. The van der Waals surface area contributed by atoms with Gasteiger partial charge in [0.25, 0.3) is 0 Å². The first-order chi connectivity index (χ1) is 13.9. The number of carbonyl (C=O) groups excluding carboxylic acids is 1. The van der Waals surface area contributed by atoms with Crippen LogP contribution in [0.1, 0.15) is 25.0 Å². The summed E-state index contributed by atoms with van der Waals surface area (Å²) in [5.74, 6) is -0.0880. The fraction of sp³-hybridized carbons (Fsp3) is 0.350. The van der Waals surface area contributed by atoms with Crippen molar-refractivity contribution in [2.75, 3.05) is 17.2 Å². The predicted octanol–water partition coefficient (Wildman–Crippen LogP) is 3.58. The summed E-state index contributed by atoms with van der Waals surface area (Å²) in [5, 5.41) is 2.62. The molecule has 30 heavy (non-hydrogen) atoms. The van der Waals surface area contributed by atoms with Crippen molar-refractivity contribution < 1.29 is 31.1 Å². The second kappa shape index (κ2) is 9.38. The molecule has 0 aliphatic carbocycles. The first kappa shape index (κ1) is 23.5. The van der Waals surface area contributed by atoms with Crippen LogP contribution in [0.3, 0.4) is 0 Å². The molecule has 1 atom stereocenters. The van der Waals surface area contributed by atoms with Crippen LogP contribution in [0.5, 0.6) is 5.75 Å². The Labute approximate surface area is 173 Å². The molecule has 0 fully saturated rings. The summed E-state index contributed by atoms with van der Waals surface area (Å²) < 4.78 is 69.9. The lowest BCUT2D eigenvalue weighted by Gasteiger charge is -2.28. The Morgan fingerprint density at radius 2 is 1.83 bits per heavy atom. The number of carbonyl (C=O) groups is 1. The standard InChI is InChI=1S/C20H23F3N2O4S/c1-4-29-18-11-6-5-8-15(18)13-24-19(26)14(2)25(30(3,27)28)17-10-7-9-16(12-17)20(21,22)23/h5-12,14H,4,13H2,1-3H3,(H,24,26)/t14-/m0/s1. The van der Waals surface area contributed by atoms with Gasteiger partial charge in [-0.25, -0.2) is 8.42 Å². The molecule has 0 aliphatic heterocycles. The quantitative estimate of drug-likeness (QED) is 0.676. The number of amides is 1. The van der Waals surface area contributed by atoms with Crippen molar-refractivity contribution in [1.82, 2.24) is 5.32 Å².